The van der Waals surface area contributed by atoms with Crippen LogP contribution < -0.4 is 4.74 Å². The van der Waals surface area contributed by atoms with Crippen LogP contribution in [0.4, 0.5) is 0 Å². The summed E-state index contributed by atoms with van der Waals surface area (Å²) in [4.78, 5) is 14.5. The van der Waals surface area contributed by atoms with Crippen molar-refractivity contribution in [3.05, 3.63) is 60.2 Å². The number of nitrogens with zero attached hydrogens (tertiary/aromatic N) is 1. The van der Waals surface area contributed by atoms with Crippen LogP contribution in [0.3, 0.4) is 0 Å². The van der Waals surface area contributed by atoms with Crippen LogP contribution in [0.15, 0.2) is 54.6 Å². The van der Waals surface area contributed by atoms with Crippen molar-refractivity contribution in [3.8, 4) is 11.5 Å². The number of amides is 1. The predicted molar refractivity (Wildman–Crippen MR) is 89.4 cm³/mol. The van der Waals surface area contributed by atoms with Crippen molar-refractivity contribution in [2.75, 3.05) is 0 Å². The molecule has 3 nitrogen and oxygen atoms in total. The quantitative estimate of drug-likeness (QED) is 0.798. The average molecular weight is 297 g/mol. The summed E-state index contributed by atoms with van der Waals surface area (Å²) in [6.07, 6.45) is 0. The van der Waals surface area contributed by atoms with Crippen molar-refractivity contribution in [2.45, 2.75) is 39.8 Å². The Labute approximate surface area is 132 Å². The van der Waals surface area contributed by atoms with E-state index in [-0.39, 0.29) is 18.0 Å². The Morgan fingerprint density at radius 2 is 1.32 bits per heavy atom. The van der Waals surface area contributed by atoms with Crippen molar-refractivity contribution < 1.29 is 9.53 Å². The maximum absolute atomic E-state index is 12.6. The fraction of sp³-hybridized carbons (Fsp3) is 0.316. The van der Waals surface area contributed by atoms with Gasteiger partial charge in [0.05, 0.1) is 0 Å². The van der Waals surface area contributed by atoms with Gasteiger partial charge in [-0.25, -0.2) is 0 Å². The maximum atomic E-state index is 12.6. The third-order valence-electron chi connectivity index (χ3n) is 3.43. The number of carbonyl (C=O) groups is 1. The molecule has 22 heavy (non-hydrogen) atoms. The topological polar surface area (TPSA) is 29.5 Å². The van der Waals surface area contributed by atoms with Crippen LogP contribution in [0.2, 0.25) is 0 Å². The monoisotopic (exact) mass is 297 g/mol. The molecule has 0 unspecified atom stereocenters. The van der Waals surface area contributed by atoms with Crippen LogP contribution in [-0.2, 0) is 0 Å². The van der Waals surface area contributed by atoms with E-state index in [2.05, 4.69) is 0 Å². The SMILES string of the molecule is CC(C)N(C(=O)c1ccc(Oc2ccccc2)cc1)C(C)C. The summed E-state index contributed by atoms with van der Waals surface area (Å²) >= 11 is 0. The van der Waals surface area contributed by atoms with Crippen LogP contribution in [0, 0.1) is 0 Å². The van der Waals surface area contributed by atoms with Gasteiger partial charge in [0, 0.05) is 17.6 Å². The molecule has 0 aromatic heterocycles. The number of hydrogen-bond donors (Lipinski definition) is 0. The van der Waals surface area contributed by atoms with Crippen LogP contribution in [-0.4, -0.2) is 22.9 Å². The highest BCUT2D eigenvalue weighted by atomic mass is 16.5. The zero-order chi connectivity index (χ0) is 16.1. The van der Waals surface area contributed by atoms with Gasteiger partial charge < -0.3 is 9.64 Å². The van der Waals surface area contributed by atoms with Gasteiger partial charge in [-0.15, -0.1) is 0 Å². The van der Waals surface area contributed by atoms with E-state index in [1.165, 1.54) is 0 Å². The zero-order valence-corrected chi connectivity index (χ0v) is 13.6. The molecular formula is C19H23NO2. The van der Waals surface area contributed by atoms with E-state index in [9.17, 15) is 4.79 Å². The van der Waals surface area contributed by atoms with Gasteiger partial charge in [-0.05, 0) is 64.1 Å². The van der Waals surface area contributed by atoms with Crippen molar-refractivity contribution >= 4 is 5.91 Å². The molecule has 0 aliphatic rings. The Balaban J connectivity index is 2.13. The van der Waals surface area contributed by atoms with E-state index in [1.54, 1.807) is 0 Å². The lowest BCUT2D eigenvalue weighted by atomic mass is 10.1. The molecule has 116 valence electrons. The van der Waals surface area contributed by atoms with E-state index in [1.807, 2.05) is 87.2 Å². The predicted octanol–water partition coefficient (Wildman–Crippen LogP) is 4.74. The number of ether oxygens (including phenoxy) is 1. The highest BCUT2D eigenvalue weighted by molar-refractivity contribution is 5.94. The molecule has 2 rings (SSSR count). The molecule has 0 aliphatic heterocycles. The minimum Gasteiger partial charge on any atom is -0.457 e. The molecule has 2 aromatic carbocycles. The lowest BCUT2D eigenvalue weighted by Crippen LogP contribution is -2.42. The number of benzene rings is 2. The molecule has 0 heterocycles. The minimum atomic E-state index is 0.0521. The van der Waals surface area contributed by atoms with Crippen LogP contribution >= 0.6 is 0 Å². The highest BCUT2D eigenvalue weighted by Gasteiger charge is 2.21. The molecule has 0 saturated carbocycles. The lowest BCUT2D eigenvalue weighted by Gasteiger charge is -2.30. The Morgan fingerprint density at radius 3 is 1.82 bits per heavy atom. The largest absolute Gasteiger partial charge is 0.457 e. The molecule has 0 fully saturated rings. The number of carbonyl (C=O) groups excluding carboxylic acids is 1. The molecule has 1 amide bonds. The zero-order valence-electron chi connectivity index (χ0n) is 13.6. The van der Waals surface area contributed by atoms with Gasteiger partial charge in [-0.2, -0.15) is 0 Å². The average Bonchev–Trinajstić information content (AvgIpc) is 2.48. The molecule has 0 bridgehead atoms. The van der Waals surface area contributed by atoms with Crippen molar-refractivity contribution in [3.63, 3.8) is 0 Å². The first kappa shape index (κ1) is 16.1. The smallest absolute Gasteiger partial charge is 0.254 e. The summed E-state index contributed by atoms with van der Waals surface area (Å²) in [5.74, 6) is 1.56. The van der Waals surface area contributed by atoms with Crippen molar-refractivity contribution in [2.24, 2.45) is 0 Å². The van der Waals surface area contributed by atoms with Crippen LogP contribution in [0.5, 0.6) is 11.5 Å². The van der Waals surface area contributed by atoms with E-state index in [0.717, 1.165) is 11.5 Å². The number of rotatable bonds is 5. The van der Waals surface area contributed by atoms with Crippen LogP contribution in [0.25, 0.3) is 0 Å². The van der Waals surface area contributed by atoms with Crippen LogP contribution in [0.1, 0.15) is 38.1 Å². The third kappa shape index (κ3) is 3.88. The van der Waals surface area contributed by atoms with E-state index in [0.29, 0.717) is 5.56 Å². The molecule has 2 aromatic rings. The molecule has 0 aliphatic carbocycles. The summed E-state index contributed by atoms with van der Waals surface area (Å²) in [5.41, 5.74) is 0.683. The highest BCUT2D eigenvalue weighted by Crippen LogP contribution is 2.22. The Kier molecular flexibility index (Phi) is 5.21. The molecular weight excluding hydrogens is 274 g/mol. The first-order valence-corrected chi connectivity index (χ1v) is 7.64. The van der Waals surface area contributed by atoms with E-state index >= 15 is 0 Å². The summed E-state index contributed by atoms with van der Waals surface area (Å²) in [7, 11) is 0. The summed E-state index contributed by atoms with van der Waals surface area (Å²) < 4.78 is 5.74. The summed E-state index contributed by atoms with van der Waals surface area (Å²) in [6.45, 7) is 8.13. The molecule has 0 N–H and O–H groups in total. The molecule has 0 spiro atoms. The number of hydrogen-bond acceptors (Lipinski definition) is 2. The fourth-order valence-corrected chi connectivity index (χ4v) is 2.50. The van der Waals surface area contributed by atoms with Gasteiger partial charge in [0.1, 0.15) is 11.5 Å². The molecule has 0 saturated heterocycles. The fourth-order valence-electron chi connectivity index (χ4n) is 2.50. The molecule has 0 radical (unpaired) electrons. The molecule has 3 heteroatoms. The van der Waals surface area contributed by atoms with Gasteiger partial charge in [0.25, 0.3) is 5.91 Å². The van der Waals surface area contributed by atoms with Gasteiger partial charge in [0.2, 0.25) is 0 Å². The normalized spacial score (nSPS) is 10.8. The second-order valence-corrected chi connectivity index (χ2v) is 5.84. The number of para-hydroxylation sites is 1. The summed E-state index contributed by atoms with van der Waals surface area (Å²) in [6, 6.07) is 17.2. The van der Waals surface area contributed by atoms with Gasteiger partial charge in [-0.3, -0.25) is 4.79 Å². The standard InChI is InChI=1S/C19H23NO2/c1-14(2)20(15(3)4)19(21)16-10-12-18(13-11-16)22-17-8-6-5-7-9-17/h5-15H,1-4H3. The van der Waals surface area contributed by atoms with E-state index in [4.69, 9.17) is 4.74 Å². The van der Waals surface area contributed by atoms with Crippen molar-refractivity contribution in [1.29, 1.82) is 0 Å². The van der Waals surface area contributed by atoms with Gasteiger partial charge in [-0.1, -0.05) is 18.2 Å². The van der Waals surface area contributed by atoms with Gasteiger partial charge in [0.15, 0.2) is 0 Å². The first-order chi connectivity index (χ1) is 10.5. The minimum absolute atomic E-state index is 0.0521. The summed E-state index contributed by atoms with van der Waals surface area (Å²) in [5, 5.41) is 0. The third-order valence-corrected chi connectivity index (χ3v) is 3.43. The second-order valence-electron chi connectivity index (χ2n) is 5.84. The Hall–Kier alpha value is -2.29. The Morgan fingerprint density at radius 1 is 0.818 bits per heavy atom. The first-order valence-electron chi connectivity index (χ1n) is 7.64. The van der Waals surface area contributed by atoms with E-state index < -0.39 is 0 Å². The maximum Gasteiger partial charge on any atom is 0.254 e. The lowest BCUT2D eigenvalue weighted by molar-refractivity contribution is 0.0643. The van der Waals surface area contributed by atoms with Crippen molar-refractivity contribution in [1.82, 2.24) is 4.90 Å². The second kappa shape index (κ2) is 7.12. The molecule has 0 atom stereocenters. The van der Waals surface area contributed by atoms with Gasteiger partial charge >= 0.3 is 0 Å². The Bertz CT molecular complexity index is 595.